The molecule has 8 nitrogen and oxygen atoms in total. The molecule has 206 valence electrons. The lowest BCUT2D eigenvalue weighted by Gasteiger charge is -2.53. The summed E-state index contributed by atoms with van der Waals surface area (Å²) in [6.45, 7) is 5.72. The molecule has 2 aromatic carbocycles. The van der Waals surface area contributed by atoms with E-state index in [1.807, 2.05) is 66.0 Å². The van der Waals surface area contributed by atoms with Gasteiger partial charge in [-0.1, -0.05) is 31.5 Å². The molecule has 0 radical (unpaired) electrons. The van der Waals surface area contributed by atoms with Crippen molar-refractivity contribution in [2.75, 3.05) is 45.6 Å². The largest absolute Gasteiger partial charge is 0.412 e. The molecular weight excluding hydrogens is 490 g/mol. The van der Waals surface area contributed by atoms with Gasteiger partial charge in [0, 0.05) is 54.9 Å². The molecule has 3 aromatic rings. The number of hydrogen-bond donors (Lipinski definition) is 2. The molecule has 0 spiro atoms. The molecule has 4 aliphatic rings. The van der Waals surface area contributed by atoms with Gasteiger partial charge in [0.15, 0.2) is 0 Å². The third-order valence-electron chi connectivity index (χ3n) is 8.91. The van der Waals surface area contributed by atoms with Crippen molar-refractivity contribution >= 4 is 28.7 Å². The van der Waals surface area contributed by atoms with Crippen LogP contribution in [-0.4, -0.2) is 72.8 Å². The maximum atomic E-state index is 14.0. The van der Waals surface area contributed by atoms with E-state index in [1.165, 1.54) is 18.4 Å². The quantitative estimate of drug-likeness (QED) is 0.463. The van der Waals surface area contributed by atoms with Gasteiger partial charge in [-0.15, -0.1) is 0 Å². The number of anilines is 1. The van der Waals surface area contributed by atoms with Gasteiger partial charge in [-0.25, -0.2) is 9.59 Å². The predicted octanol–water partition coefficient (Wildman–Crippen LogP) is 5.13. The average molecular weight is 530 g/mol. The molecule has 2 amide bonds. The lowest BCUT2D eigenvalue weighted by Crippen LogP contribution is -2.56. The van der Waals surface area contributed by atoms with E-state index in [0.717, 1.165) is 54.8 Å². The molecule has 7 rings (SSSR count). The summed E-state index contributed by atoms with van der Waals surface area (Å²) in [7, 11) is 3.93. The smallest absolute Gasteiger partial charge is 0.410 e. The Hall–Kier alpha value is -3.36. The van der Waals surface area contributed by atoms with E-state index in [0.29, 0.717) is 36.1 Å². The van der Waals surface area contributed by atoms with Crippen LogP contribution in [0.2, 0.25) is 0 Å². The van der Waals surface area contributed by atoms with Gasteiger partial charge in [-0.2, -0.15) is 0 Å². The summed E-state index contributed by atoms with van der Waals surface area (Å²) in [4.78, 5) is 31.1. The number of rotatable bonds is 6. The third-order valence-corrected chi connectivity index (χ3v) is 8.91. The summed E-state index contributed by atoms with van der Waals surface area (Å²) in [6.07, 6.45) is 4.00. The van der Waals surface area contributed by atoms with Crippen LogP contribution in [0.3, 0.4) is 0 Å². The Morgan fingerprint density at radius 1 is 1.10 bits per heavy atom. The van der Waals surface area contributed by atoms with E-state index in [2.05, 4.69) is 22.5 Å². The van der Waals surface area contributed by atoms with Crippen molar-refractivity contribution in [1.29, 1.82) is 0 Å². The molecule has 3 fully saturated rings. The van der Waals surface area contributed by atoms with Gasteiger partial charge < -0.3 is 20.3 Å². The molecular formula is C31H39N5O3. The highest BCUT2D eigenvalue weighted by atomic mass is 16.6. The fourth-order valence-electron chi connectivity index (χ4n) is 7.34. The summed E-state index contributed by atoms with van der Waals surface area (Å²) >= 11 is 0. The van der Waals surface area contributed by atoms with Crippen LogP contribution in [0.15, 0.2) is 48.5 Å². The highest BCUT2D eigenvalue weighted by molar-refractivity contribution is 6.01. The first-order valence-corrected chi connectivity index (χ1v) is 14.3. The molecule has 1 saturated carbocycles. The molecule has 1 aromatic heterocycles. The van der Waals surface area contributed by atoms with Gasteiger partial charge in [-0.3, -0.25) is 9.47 Å². The van der Waals surface area contributed by atoms with Crippen LogP contribution >= 0.6 is 0 Å². The summed E-state index contributed by atoms with van der Waals surface area (Å²) in [6, 6.07) is 15.7. The molecule has 2 N–H and O–H groups in total. The number of fused-ring (bicyclic) bond motifs is 4. The Balaban J connectivity index is 1.40. The number of nitrogens with zero attached hydrogens (tertiary/aromatic N) is 3. The molecule has 3 aliphatic heterocycles. The van der Waals surface area contributed by atoms with Crippen LogP contribution in [0.25, 0.3) is 10.9 Å². The molecule has 1 aliphatic carbocycles. The van der Waals surface area contributed by atoms with E-state index in [-0.39, 0.29) is 6.03 Å². The predicted molar refractivity (Wildman–Crippen MR) is 154 cm³/mol. The Morgan fingerprint density at radius 2 is 1.92 bits per heavy atom. The highest BCUT2D eigenvalue weighted by Crippen LogP contribution is 2.52. The van der Waals surface area contributed by atoms with E-state index < -0.39 is 6.09 Å². The third kappa shape index (κ3) is 4.92. The fraction of sp³-hybridized carbons (Fsp3) is 0.484. The number of hydrogen-bond acceptors (Lipinski definition) is 5. The Morgan fingerprint density at radius 3 is 2.69 bits per heavy atom. The normalized spacial score (nSPS) is 25.3. The molecule has 4 heterocycles. The minimum atomic E-state index is -0.464. The standard InChI is InChI=1S/C31H39N5O3/c1-4-21-16-20-17-26-28(21)35(19-20)14-12-24-25-18-23(39-31(38)32-13-15-34(2)3)10-11-27(25)36(29(24)26)30(37)33-22-8-6-5-7-9-22/h5-11,18,20-21,26,28H,4,12-17,19H2,1-3H3,(H,32,38)(H,33,37)/t20-,21-,26+,28?/m0/s1. The first-order valence-electron chi connectivity index (χ1n) is 14.3. The summed E-state index contributed by atoms with van der Waals surface area (Å²) < 4.78 is 7.60. The van der Waals surface area contributed by atoms with E-state index in [1.54, 1.807) is 6.07 Å². The second kappa shape index (κ2) is 10.7. The van der Waals surface area contributed by atoms with Crippen molar-refractivity contribution in [3.05, 3.63) is 59.8 Å². The number of amides is 2. The van der Waals surface area contributed by atoms with Crippen LogP contribution < -0.4 is 15.4 Å². The van der Waals surface area contributed by atoms with Gasteiger partial charge in [0.1, 0.15) is 5.75 Å². The minimum absolute atomic E-state index is 0.134. The molecule has 39 heavy (non-hydrogen) atoms. The minimum Gasteiger partial charge on any atom is -0.410 e. The molecule has 5 atom stereocenters. The number of ether oxygens (including phenoxy) is 1. The lowest BCUT2D eigenvalue weighted by molar-refractivity contribution is -0.0138. The van der Waals surface area contributed by atoms with Crippen LogP contribution in [0.5, 0.6) is 5.75 Å². The average Bonchev–Trinajstić information content (AvgIpc) is 3.19. The second-order valence-corrected chi connectivity index (χ2v) is 11.6. The summed E-state index contributed by atoms with van der Waals surface area (Å²) in [5.74, 6) is 2.13. The number of nitrogens with one attached hydrogen (secondary N) is 2. The van der Waals surface area contributed by atoms with Crippen molar-refractivity contribution in [1.82, 2.24) is 19.7 Å². The number of likely N-dealkylation sites (N-methyl/N-ethyl adjacent to an activating group) is 1. The maximum Gasteiger partial charge on any atom is 0.412 e. The zero-order valence-electron chi connectivity index (χ0n) is 23.2. The van der Waals surface area contributed by atoms with E-state index in [4.69, 9.17) is 4.74 Å². The van der Waals surface area contributed by atoms with Gasteiger partial charge in [0.2, 0.25) is 0 Å². The molecule has 8 heteroatoms. The number of carbonyl (C=O) groups is 2. The van der Waals surface area contributed by atoms with Crippen LogP contribution in [0.4, 0.5) is 15.3 Å². The SMILES string of the molecule is CC[C@H]1C[C@H]2C[C@H]3c4c(c5cc(OC(=O)NCCN(C)C)ccc5n4C(=O)Nc4ccccc4)CCN(C2)C13. The molecule has 2 saturated heterocycles. The molecule has 4 bridgehead atoms. The Bertz CT molecular complexity index is 1370. The number of carbonyl (C=O) groups excluding carboxylic acids is 2. The van der Waals surface area contributed by atoms with Crippen LogP contribution in [0.1, 0.15) is 43.4 Å². The zero-order valence-corrected chi connectivity index (χ0v) is 23.2. The Kier molecular flexibility index (Phi) is 7.08. The van der Waals surface area contributed by atoms with Gasteiger partial charge in [-0.05, 0) is 81.1 Å². The first kappa shape index (κ1) is 25.9. The topological polar surface area (TPSA) is 78.8 Å². The van der Waals surface area contributed by atoms with Crippen LogP contribution in [-0.2, 0) is 6.42 Å². The molecule has 2 unspecified atom stereocenters. The monoisotopic (exact) mass is 529 g/mol. The number of para-hydroxylation sites is 1. The van der Waals surface area contributed by atoms with Crippen LogP contribution in [0, 0.1) is 11.8 Å². The van der Waals surface area contributed by atoms with Crippen molar-refractivity contribution < 1.29 is 14.3 Å². The lowest BCUT2D eigenvalue weighted by atomic mass is 9.65. The van der Waals surface area contributed by atoms with E-state index in [9.17, 15) is 9.59 Å². The fourth-order valence-corrected chi connectivity index (χ4v) is 7.34. The highest BCUT2D eigenvalue weighted by Gasteiger charge is 2.49. The number of benzene rings is 2. The van der Waals surface area contributed by atoms with Gasteiger partial charge >= 0.3 is 12.1 Å². The Labute approximate surface area is 230 Å². The maximum absolute atomic E-state index is 14.0. The van der Waals surface area contributed by atoms with Gasteiger partial charge in [0.25, 0.3) is 0 Å². The van der Waals surface area contributed by atoms with Crippen molar-refractivity contribution in [2.45, 2.75) is 44.6 Å². The summed E-state index contributed by atoms with van der Waals surface area (Å²) in [5, 5.41) is 6.96. The van der Waals surface area contributed by atoms with Gasteiger partial charge in [0.05, 0.1) is 5.52 Å². The van der Waals surface area contributed by atoms with Crippen molar-refractivity contribution in [3.8, 4) is 5.75 Å². The first-order chi connectivity index (χ1) is 18.9. The van der Waals surface area contributed by atoms with Crippen molar-refractivity contribution in [3.63, 3.8) is 0 Å². The van der Waals surface area contributed by atoms with E-state index >= 15 is 0 Å². The number of piperidine rings is 2. The second-order valence-electron chi connectivity index (χ2n) is 11.6. The number of aromatic nitrogens is 1. The summed E-state index contributed by atoms with van der Waals surface area (Å²) in [5.41, 5.74) is 4.03. The zero-order chi connectivity index (χ0) is 27.1. The van der Waals surface area contributed by atoms with Crippen molar-refractivity contribution in [2.24, 2.45) is 11.8 Å².